The predicted octanol–water partition coefficient (Wildman–Crippen LogP) is 3.83. The quantitative estimate of drug-likeness (QED) is 0.837. The molecule has 1 saturated carbocycles. The zero-order valence-electron chi connectivity index (χ0n) is 11.5. The summed E-state index contributed by atoms with van der Waals surface area (Å²) in [5, 5.41) is 5.78. The van der Waals surface area contributed by atoms with Gasteiger partial charge in [0.1, 0.15) is 5.82 Å². The van der Waals surface area contributed by atoms with Gasteiger partial charge in [-0.2, -0.15) is 0 Å². The molecule has 2 rings (SSSR count). The molecule has 0 unspecified atom stereocenters. The minimum atomic E-state index is -0.287. The molecule has 19 heavy (non-hydrogen) atoms. The van der Waals surface area contributed by atoms with Gasteiger partial charge in [-0.1, -0.05) is 19.8 Å². The fraction of sp³-hybridized carbons (Fsp3) is 0.533. The topological polar surface area (TPSA) is 41.1 Å². The van der Waals surface area contributed by atoms with Crippen molar-refractivity contribution >= 4 is 11.7 Å². The first-order chi connectivity index (χ1) is 9.04. The molecule has 2 atom stereocenters. The van der Waals surface area contributed by atoms with Crippen LogP contribution in [0.15, 0.2) is 18.2 Å². The fourth-order valence-corrected chi connectivity index (χ4v) is 2.68. The van der Waals surface area contributed by atoms with E-state index in [0.717, 1.165) is 18.4 Å². The molecule has 0 aromatic heterocycles. The molecular formula is C15H21FN2O. The van der Waals surface area contributed by atoms with Gasteiger partial charge in [-0.3, -0.25) is 0 Å². The number of carbonyl (C=O) groups is 1. The predicted molar refractivity (Wildman–Crippen MR) is 74.7 cm³/mol. The Bertz CT molecular complexity index is 461. The summed E-state index contributed by atoms with van der Waals surface area (Å²) in [5.74, 6) is 0.385. The van der Waals surface area contributed by atoms with Crippen molar-refractivity contribution in [2.75, 3.05) is 5.32 Å². The first kappa shape index (κ1) is 13.8. The average Bonchev–Trinajstić information content (AvgIpc) is 2.33. The molecule has 2 amide bonds. The van der Waals surface area contributed by atoms with Crippen LogP contribution in [-0.2, 0) is 0 Å². The van der Waals surface area contributed by atoms with Gasteiger partial charge < -0.3 is 10.6 Å². The lowest BCUT2D eigenvalue weighted by Gasteiger charge is -2.27. The number of nitrogens with one attached hydrogen (secondary N) is 2. The molecule has 4 heteroatoms. The third kappa shape index (κ3) is 3.94. The maximum absolute atomic E-state index is 13.0. The van der Waals surface area contributed by atoms with Crippen LogP contribution in [0.25, 0.3) is 0 Å². The molecule has 0 aliphatic heterocycles. The van der Waals surface area contributed by atoms with Crippen LogP contribution >= 0.6 is 0 Å². The number of halogens is 1. The molecule has 1 fully saturated rings. The minimum Gasteiger partial charge on any atom is -0.335 e. The van der Waals surface area contributed by atoms with Gasteiger partial charge in [-0.05, 0) is 49.4 Å². The van der Waals surface area contributed by atoms with E-state index in [1.165, 1.54) is 25.0 Å². The third-order valence-electron chi connectivity index (χ3n) is 3.71. The highest BCUT2D eigenvalue weighted by Crippen LogP contribution is 2.23. The Labute approximate surface area is 113 Å². The summed E-state index contributed by atoms with van der Waals surface area (Å²) in [7, 11) is 0. The SMILES string of the molecule is Cc1cc(F)ccc1NC(=O)N[C@H]1CCC[C@@H](C)C1. The van der Waals surface area contributed by atoms with Crippen LogP contribution < -0.4 is 10.6 Å². The second kappa shape index (κ2) is 6.04. The number of carbonyl (C=O) groups excluding carboxylic acids is 1. The van der Waals surface area contributed by atoms with E-state index in [4.69, 9.17) is 0 Å². The van der Waals surface area contributed by atoms with Crippen molar-refractivity contribution in [3.05, 3.63) is 29.6 Å². The summed E-state index contributed by atoms with van der Waals surface area (Å²) in [6.07, 6.45) is 4.49. The number of amides is 2. The number of benzene rings is 1. The van der Waals surface area contributed by atoms with Gasteiger partial charge in [-0.15, -0.1) is 0 Å². The van der Waals surface area contributed by atoms with Crippen LogP contribution in [-0.4, -0.2) is 12.1 Å². The molecule has 0 bridgehead atoms. The number of rotatable bonds is 2. The lowest BCUT2D eigenvalue weighted by molar-refractivity contribution is 0.238. The third-order valence-corrected chi connectivity index (χ3v) is 3.71. The zero-order chi connectivity index (χ0) is 13.8. The molecule has 1 aromatic rings. The summed E-state index contributed by atoms with van der Waals surface area (Å²) in [6.45, 7) is 4.00. The molecule has 104 valence electrons. The second-order valence-electron chi connectivity index (χ2n) is 5.53. The van der Waals surface area contributed by atoms with Gasteiger partial charge in [0.15, 0.2) is 0 Å². The highest BCUT2D eigenvalue weighted by atomic mass is 19.1. The normalized spacial score (nSPS) is 22.9. The highest BCUT2D eigenvalue weighted by Gasteiger charge is 2.20. The van der Waals surface area contributed by atoms with E-state index in [0.29, 0.717) is 11.6 Å². The number of hydrogen-bond donors (Lipinski definition) is 2. The van der Waals surface area contributed by atoms with Gasteiger partial charge >= 0.3 is 6.03 Å². The van der Waals surface area contributed by atoms with Crippen molar-refractivity contribution in [2.24, 2.45) is 5.92 Å². The number of hydrogen-bond acceptors (Lipinski definition) is 1. The van der Waals surface area contributed by atoms with Gasteiger partial charge in [0.2, 0.25) is 0 Å². The van der Waals surface area contributed by atoms with Gasteiger partial charge in [-0.25, -0.2) is 9.18 Å². The van der Waals surface area contributed by atoms with E-state index in [2.05, 4.69) is 17.6 Å². The van der Waals surface area contributed by atoms with Crippen molar-refractivity contribution in [3.8, 4) is 0 Å². The number of aryl methyl sites for hydroxylation is 1. The highest BCUT2D eigenvalue weighted by molar-refractivity contribution is 5.90. The van der Waals surface area contributed by atoms with Gasteiger partial charge in [0.05, 0.1) is 0 Å². The Morgan fingerprint density at radius 2 is 2.16 bits per heavy atom. The van der Waals surface area contributed by atoms with Crippen LogP contribution in [0.5, 0.6) is 0 Å². The smallest absolute Gasteiger partial charge is 0.319 e. The largest absolute Gasteiger partial charge is 0.335 e. The Hall–Kier alpha value is -1.58. The van der Waals surface area contributed by atoms with E-state index >= 15 is 0 Å². The molecule has 3 nitrogen and oxygen atoms in total. The Morgan fingerprint density at radius 1 is 1.37 bits per heavy atom. The summed E-state index contributed by atoms with van der Waals surface area (Å²) in [6, 6.07) is 4.41. The van der Waals surface area contributed by atoms with Gasteiger partial charge in [0.25, 0.3) is 0 Å². The number of urea groups is 1. The van der Waals surface area contributed by atoms with Crippen molar-refractivity contribution in [1.29, 1.82) is 0 Å². The summed E-state index contributed by atoms with van der Waals surface area (Å²) < 4.78 is 13.0. The van der Waals surface area contributed by atoms with Crippen molar-refractivity contribution in [1.82, 2.24) is 5.32 Å². The van der Waals surface area contributed by atoms with E-state index in [-0.39, 0.29) is 17.9 Å². The van der Waals surface area contributed by atoms with E-state index in [1.807, 2.05) is 0 Å². The minimum absolute atomic E-state index is 0.200. The van der Waals surface area contributed by atoms with E-state index in [1.54, 1.807) is 13.0 Å². The van der Waals surface area contributed by atoms with Crippen molar-refractivity contribution < 1.29 is 9.18 Å². The summed E-state index contributed by atoms with van der Waals surface area (Å²) in [4.78, 5) is 11.9. The molecule has 0 saturated heterocycles. The summed E-state index contributed by atoms with van der Waals surface area (Å²) >= 11 is 0. The molecule has 1 aromatic carbocycles. The zero-order valence-corrected chi connectivity index (χ0v) is 11.5. The Balaban J connectivity index is 1.90. The lowest BCUT2D eigenvalue weighted by Crippen LogP contribution is -2.40. The standard InChI is InChI=1S/C15H21FN2O/c1-10-4-3-5-13(8-10)17-15(19)18-14-7-6-12(16)9-11(14)2/h6-7,9-10,13H,3-5,8H2,1-2H3,(H2,17,18,19)/t10-,13+/m1/s1. The van der Waals surface area contributed by atoms with E-state index in [9.17, 15) is 9.18 Å². The Morgan fingerprint density at radius 3 is 2.84 bits per heavy atom. The van der Waals surface area contributed by atoms with Crippen molar-refractivity contribution in [3.63, 3.8) is 0 Å². The van der Waals surface area contributed by atoms with Crippen LogP contribution in [0.1, 0.15) is 38.2 Å². The van der Waals surface area contributed by atoms with E-state index < -0.39 is 0 Å². The van der Waals surface area contributed by atoms with Crippen LogP contribution in [0.2, 0.25) is 0 Å². The monoisotopic (exact) mass is 264 g/mol. The summed E-state index contributed by atoms with van der Waals surface area (Å²) in [5.41, 5.74) is 1.38. The van der Waals surface area contributed by atoms with Crippen LogP contribution in [0.3, 0.4) is 0 Å². The molecule has 1 aliphatic rings. The molecule has 2 N–H and O–H groups in total. The molecule has 0 heterocycles. The molecule has 0 spiro atoms. The molecule has 0 radical (unpaired) electrons. The fourth-order valence-electron chi connectivity index (χ4n) is 2.68. The number of anilines is 1. The van der Waals surface area contributed by atoms with Crippen molar-refractivity contribution in [2.45, 2.75) is 45.6 Å². The first-order valence-electron chi connectivity index (χ1n) is 6.88. The molecular weight excluding hydrogens is 243 g/mol. The average molecular weight is 264 g/mol. The second-order valence-corrected chi connectivity index (χ2v) is 5.53. The maximum atomic E-state index is 13.0. The Kier molecular flexibility index (Phi) is 4.40. The maximum Gasteiger partial charge on any atom is 0.319 e. The van der Waals surface area contributed by atoms with Crippen LogP contribution in [0, 0.1) is 18.7 Å². The first-order valence-corrected chi connectivity index (χ1v) is 6.88. The lowest BCUT2D eigenvalue weighted by atomic mass is 9.87. The van der Waals surface area contributed by atoms with Gasteiger partial charge in [0, 0.05) is 11.7 Å². The molecule has 1 aliphatic carbocycles. The van der Waals surface area contributed by atoms with Crippen LogP contribution in [0.4, 0.5) is 14.9 Å².